The molecule has 1 aromatic rings. The van der Waals surface area contributed by atoms with Gasteiger partial charge in [-0.25, -0.2) is 0 Å². The van der Waals surface area contributed by atoms with E-state index in [4.69, 9.17) is 0 Å². The van der Waals surface area contributed by atoms with E-state index >= 15 is 0 Å². The zero-order valence-corrected chi connectivity index (χ0v) is 8.59. The van der Waals surface area contributed by atoms with Crippen LogP contribution < -0.4 is 0 Å². The van der Waals surface area contributed by atoms with Gasteiger partial charge in [0.05, 0.1) is 0 Å². The number of benzene rings is 1. The quantitative estimate of drug-likeness (QED) is 0.606. The molecule has 0 heterocycles. The molecule has 0 unspecified atom stereocenters. The molecule has 1 aliphatic rings. The normalized spacial score (nSPS) is 13.8. The third-order valence-corrected chi connectivity index (χ3v) is 2.79. The Morgan fingerprint density at radius 3 is 2.69 bits per heavy atom. The molecule has 0 heteroatoms. The average molecular weight is 172 g/mol. The molecule has 68 valence electrons. The molecule has 0 saturated heterocycles. The van der Waals surface area contributed by atoms with E-state index in [1.54, 1.807) is 0 Å². The van der Waals surface area contributed by atoms with Crippen molar-refractivity contribution in [2.45, 2.75) is 33.1 Å². The monoisotopic (exact) mass is 172 g/mol. The molecule has 1 aliphatic carbocycles. The molecular weight excluding hydrogens is 156 g/mol. The zero-order chi connectivity index (χ0) is 9.42. The standard InChI is InChI=1S/C13H16/c1-9(2)13-8-12-6-4-5-11(12)7-10(13)3/h4-5,7-9H,6H2,1-3H3. The van der Waals surface area contributed by atoms with Crippen molar-refractivity contribution in [2.75, 3.05) is 0 Å². The van der Waals surface area contributed by atoms with Crippen molar-refractivity contribution >= 4 is 6.08 Å². The van der Waals surface area contributed by atoms with Crippen LogP contribution in [0.5, 0.6) is 0 Å². The second kappa shape index (κ2) is 3.02. The van der Waals surface area contributed by atoms with Crippen molar-refractivity contribution in [3.05, 3.63) is 40.5 Å². The van der Waals surface area contributed by atoms with Gasteiger partial charge in [-0.1, -0.05) is 38.1 Å². The summed E-state index contributed by atoms with van der Waals surface area (Å²) >= 11 is 0. The van der Waals surface area contributed by atoms with E-state index in [9.17, 15) is 0 Å². The summed E-state index contributed by atoms with van der Waals surface area (Å²) in [7, 11) is 0. The van der Waals surface area contributed by atoms with E-state index in [1.807, 2.05) is 0 Å². The second-order valence-electron chi connectivity index (χ2n) is 4.17. The first-order chi connectivity index (χ1) is 6.18. The lowest BCUT2D eigenvalue weighted by molar-refractivity contribution is 0.853. The Labute approximate surface area is 80.3 Å². The predicted molar refractivity (Wildman–Crippen MR) is 58.0 cm³/mol. The van der Waals surface area contributed by atoms with Gasteiger partial charge in [-0.3, -0.25) is 0 Å². The summed E-state index contributed by atoms with van der Waals surface area (Å²) in [5.41, 5.74) is 5.85. The van der Waals surface area contributed by atoms with Crippen molar-refractivity contribution in [2.24, 2.45) is 0 Å². The zero-order valence-electron chi connectivity index (χ0n) is 8.59. The summed E-state index contributed by atoms with van der Waals surface area (Å²) in [5.74, 6) is 0.644. The molecule has 1 aromatic carbocycles. The topological polar surface area (TPSA) is 0 Å². The highest BCUT2D eigenvalue weighted by Crippen LogP contribution is 2.27. The van der Waals surface area contributed by atoms with Crippen LogP contribution in [0.25, 0.3) is 6.08 Å². The second-order valence-corrected chi connectivity index (χ2v) is 4.17. The van der Waals surface area contributed by atoms with Gasteiger partial charge in [-0.2, -0.15) is 0 Å². The van der Waals surface area contributed by atoms with E-state index in [0.29, 0.717) is 5.92 Å². The molecular formula is C13H16. The first-order valence-electron chi connectivity index (χ1n) is 4.98. The van der Waals surface area contributed by atoms with Crippen LogP contribution in [-0.2, 0) is 6.42 Å². The molecule has 0 fully saturated rings. The molecule has 0 bridgehead atoms. The van der Waals surface area contributed by atoms with Crippen LogP contribution in [0.1, 0.15) is 42.0 Å². The van der Waals surface area contributed by atoms with Gasteiger partial charge in [0, 0.05) is 0 Å². The van der Waals surface area contributed by atoms with Gasteiger partial charge in [0.2, 0.25) is 0 Å². The SMILES string of the molecule is Cc1cc2c(cc1C(C)C)CC=C2. The molecule has 0 aliphatic heterocycles. The van der Waals surface area contributed by atoms with Crippen LogP contribution >= 0.6 is 0 Å². The molecule has 0 saturated carbocycles. The Morgan fingerprint density at radius 2 is 2.00 bits per heavy atom. The molecule has 0 aromatic heterocycles. The summed E-state index contributed by atoms with van der Waals surface area (Å²) in [5, 5.41) is 0. The minimum Gasteiger partial charge on any atom is -0.0795 e. The van der Waals surface area contributed by atoms with Crippen molar-refractivity contribution in [3.8, 4) is 0 Å². The van der Waals surface area contributed by atoms with Gasteiger partial charge in [-0.15, -0.1) is 0 Å². The Morgan fingerprint density at radius 1 is 1.23 bits per heavy atom. The summed E-state index contributed by atoms with van der Waals surface area (Å²) < 4.78 is 0. The Bertz CT molecular complexity index is 357. The van der Waals surface area contributed by atoms with Crippen LogP contribution in [0.3, 0.4) is 0 Å². The maximum atomic E-state index is 2.37. The number of hydrogen-bond acceptors (Lipinski definition) is 0. The fourth-order valence-electron chi connectivity index (χ4n) is 2.06. The number of allylic oxidation sites excluding steroid dienone is 1. The van der Waals surface area contributed by atoms with E-state index in [2.05, 4.69) is 45.1 Å². The first kappa shape index (κ1) is 8.55. The lowest BCUT2D eigenvalue weighted by Crippen LogP contribution is -1.95. The number of hydrogen-bond donors (Lipinski definition) is 0. The minimum atomic E-state index is 0.644. The van der Waals surface area contributed by atoms with Gasteiger partial charge in [0.1, 0.15) is 0 Å². The maximum Gasteiger partial charge on any atom is -0.00881 e. The van der Waals surface area contributed by atoms with Crippen LogP contribution in [0.15, 0.2) is 18.2 Å². The van der Waals surface area contributed by atoms with E-state index in [1.165, 1.54) is 22.3 Å². The van der Waals surface area contributed by atoms with Crippen molar-refractivity contribution in [1.29, 1.82) is 0 Å². The first-order valence-corrected chi connectivity index (χ1v) is 4.98. The molecule has 0 nitrogen and oxygen atoms in total. The maximum absolute atomic E-state index is 2.37. The van der Waals surface area contributed by atoms with Gasteiger partial charge >= 0.3 is 0 Å². The van der Waals surface area contributed by atoms with E-state index in [0.717, 1.165) is 6.42 Å². The molecule has 0 spiro atoms. The van der Waals surface area contributed by atoms with Gasteiger partial charge in [0.15, 0.2) is 0 Å². The van der Waals surface area contributed by atoms with Gasteiger partial charge < -0.3 is 0 Å². The predicted octanol–water partition coefficient (Wildman–Crippen LogP) is 3.69. The summed E-state index contributed by atoms with van der Waals surface area (Å²) in [6.07, 6.45) is 5.59. The highest BCUT2D eigenvalue weighted by molar-refractivity contribution is 5.62. The van der Waals surface area contributed by atoms with Crippen LogP contribution in [0.2, 0.25) is 0 Å². The highest BCUT2D eigenvalue weighted by Gasteiger charge is 2.10. The Hall–Kier alpha value is -1.04. The number of aryl methyl sites for hydroxylation is 1. The minimum absolute atomic E-state index is 0.644. The average Bonchev–Trinajstić information content (AvgIpc) is 2.48. The molecule has 0 N–H and O–H groups in total. The molecule has 13 heavy (non-hydrogen) atoms. The smallest absolute Gasteiger partial charge is 0.00881 e. The Balaban J connectivity index is 2.53. The number of fused-ring (bicyclic) bond motifs is 1. The lowest BCUT2D eigenvalue weighted by atomic mass is 9.93. The van der Waals surface area contributed by atoms with Gasteiger partial charge in [-0.05, 0) is 41.5 Å². The summed E-state index contributed by atoms with van der Waals surface area (Å²) in [6.45, 7) is 6.73. The summed E-state index contributed by atoms with van der Waals surface area (Å²) in [4.78, 5) is 0. The lowest BCUT2D eigenvalue weighted by Gasteiger charge is -2.12. The third kappa shape index (κ3) is 1.41. The largest absolute Gasteiger partial charge is 0.0795 e. The van der Waals surface area contributed by atoms with Crippen LogP contribution in [0, 0.1) is 6.92 Å². The fraction of sp³-hybridized carbons (Fsp3) is 0.385. The van der Waals surface area contributed by atoms with E-state index < -0.39 is 0 Å². The van der Waals surface area contributed by atoms with E-state index in [-0.39, 0.29) is 0 Å². The Kier molecular flexibility index (Phi) is 1.99. The fourth-order valence-corrected chi connectivity index (χ4v) is 2.06. The number of rotatable bonds is 1. The van der Waals surface area contributed by atoms with Crippen molar-refractivity contribution < 1.29 is 0 Å². The molecule has 2 rings (SSSR count). The summed E-state index contributed by atoms with van der Waals surface area (Å²) in [6, 6.07) is 4.68. The molecule has 0 radical (unpaired) electrons. The highest BCUT2D eigenvalue weighted by atomic mass is 14.1. The third-order valence-electron chi connectivity index (χ3n) is 2.79. The van der Waals surface area contributed by atoms with Crippen LogP contribution in [0.4, 0.5) is 0 Å². The van der Waals surface area contributed by atoms with Gasteiger partial charge in [0.25, 0.3) is 0 Å². The van der Waals surface area contributed by atoms with Crippen molar-refractivity contribution in [3.63, 3.8) is 0 Å². The molecule has 0 amide bonds. The van der Waals surface area contributed by atoms with Crippen molar-refractivity contribution in [1.82, 2.24) is 0 Å². The molecule has 0 atom stereocenters. The van der Waals surface area contributed by atoms with Crippen LogP contribution in [-0.4, -0.2) is 0 Å².